The fourth-order valence-corrected chi connectivity index (χ4v) is 7.34. The Labute approximate surface area is 260 Å². The Morgan fingerprint density at radius 3 is 1.64 bits per heavy atom. The number of hydrogen-bond acceptors (Lipinski definition) is 7. The van der Waals surface area contributed by atoms with Crippen molar-refractivity contribution in [2.75, 3.05) is 4.90 Å². The summed E-state index contributed by atoms with van der Waals surface area (Å²) < 4.78 is 18.6. The third-order valence-corrected chi connectivity index (χ3v) is 9.42. The van der Waals surface area contributed by atoms with Crippen LogP contribution in [0.2, 0.25) is 0 Å². The van der Waals surface area contributed by atoms with Gasteiger partial charge in [0, 0.05) is 43.4 Å². The zero-order valence-electron chi connectivity index (χ0n) is 23.6. The van der Waals surface area contributed by atoms with Gasteiger partial charge in [-0.05, 0) is 78.9 Å². The van der Waals surface area contributed by atoms with E-state index in [1.54, 1.807) is 11.8 Å². The molecule has 0 fully saturated rings. The van der Waals surface area contributed by atoms with Crippen LogP contribution in [0, 0.1) is 0 Å². The van der Waals surface area contributed by atoms with Gasteiger partial charge in [-0.25, -0.2) is 9.97 Å². The Morgan fingerprint density at radius 2 is 1.02 bits per heavy atom. The molecular weight excluding hydrogens is 579 g/mol. The Bertz CT molecular complexity index is 2420. The molecule has 6 nitrogen and oxygen atoms in total. The number of rotatable bonds is 3. The monoisotopic (exact) mass is 599 g/mol. The van der Waals surface area contributed by atoms with Gasteiger partial charge in [-0.15, -0.1) is 0 Å². The lowest BCUT2D eigenvalue weighted by molar-refractivity contribution is 0.619. The molecule has 0 bridgehead atoms. The van der Waals surface area contributed by atoms with Crippen molar-refractivity contribution in [3.8, 4) is 22.9 Å². The summed E-state index contributed by atoms with van der Waals surface area (Å²) in [5.74, 6) is 1.20. The van der Waals surface area contributed by atoms with Crippen LogP contribution in [0.4, 0.5) is 17.1 Å². The summed E-state index contributed by atoms with van der Waals surface area (Å²) in [6.07, 6.45) is 0. The van der Waals surface area contributed by atoms with Gasteiger partial charge in [0.05, 0.1) is 11.4 Å². The maximum Gasteiger partial charge on any atom is 0.227 e. The predicted molar refractivity (Wildman–Crippen MR) is 179 cm³/mol. The van der Waals surface area contributed by atoms with Gasteiger partial charge in [0.15, 0.2) is 11.2 Å². The number of aromatic nitrogens is 2. The molecule has 3 aromatic heterocycles. The fraction of sp³-hybridized carbons (Fsp3) is 0. The van der Waals surface area contributed by atoms with E-state index in [1.165, 1.54) is 0 Å². The number of hydrogen-bond donors (Lipinski definition) is 0. The first-order chi connectivity index (χ1) is 22.2. The summed E-state index contributed by atoms with van der Waals surface area (Å²) in [6, 6.07) is 43.1. The third-order valence-electron chi connectivity index (χ3n) is 8.32. The minimum atomic E-state index is 0.598. The van der Waals surface area contributed by atoms with Crippen LogP contribution >= 0.6 is 11.8 Å². The van der Waals surface area contributed by atoms with Crippen molar-refractivity contribution in [3.05, 3.63) is 127 Å². The van der Waals surface area contributed by atoms with Crippen LogP contribution in [0.25, 0.3) is 67.0 Å². The number of benzene rings is 6. The second-order valence-corrected chi connectivity index (χ2v) is 12.1. The first kappa shape index (κ1) is 24.6. The van der Waals surface area contributed by atoms with Crippen LogP contribution in [0.3, 0.4) is 0 Å². The molecule has 6 aromatic carbocycles. The summed E-state index contributed by atoms with van der Waals surface area (Å²) >= 11 is 1.72. The Balaban J connectivity index is 1.15. The van der Waals surface area contributed by atoms with Crippen LogP contribution in [-0.2, 0) is 0 Å². The molecule has 0 amide bonds. The molecule has 0 atom stereocenters. The van der Waals surface area contributed by atoms with E-state index in [2.05, 4.69) is 65.6 Å². The summed E-state index contributed by atoms with van der Waals surface area (Å²) in [5, 5.41) is 2.21. The molecule has 45 heavy (non-hydrogen) atoms. The van der Waals surface area contributed by atoms with E-state index in [9.17, 15) is 0 Å². The highest BCUT2D eigenvalue weighted by Crippen LogP contribution is 2.53. The van der Waals surface area contributed by atoms with Crippen molar-refractivity contribution in [3.63, 3.8) is 0 Å². The number of anilines is 3. The number of fused-ring (bicyclic) bond motifs is 7. The Morgan fingerprint density at radius 1 is 0.467 bits per heavy atom. The predicted octanol–water partition coefficient (Wildman–Crippen LogP) is 11.1. The summed E-state index contributed by atoms with van der Waals surface area (Å²) in [7, 11) is 0. The van der Waals surface area contributed by atoms with Gasteiger partial charge in [0.2, 0.25) is 11.8 Å². The number of para-hydroxylation sites is 5. The first-order valence-corrected chi connectivity index (χ1v) is 15.5. The fourth-order valence-electron chi connectivity index (χ4n) is 6.20. The lowest BCUT2D eigenvalue weighted by atomic mass is 10.1. The second-order valence-electron chi connectivity index (χ2n) is 11.1. The van der Waals surface area contributed by atoms with Gasteiger partial charge >= 0.3 is 0 Å². The Hall–Kier alpha value is -5.79. The molecule has 0 saturated carbocycles. The molecule has 7 heteroatoms. The topological polar surface area (TPSA) is 68.4 Å². The molecule has 212 valence electrons. The maximum atomic E-state index is 6.30. The molecular formula is C38H21N3O3S. The van der Waals surface area contributed by atoms with Crippen LogP contribution in [0.1, 0.15) is 0 Å². The van der Waals surface area contributed by atoms with Crippen LogP contribution in [-0.4, -0.2) is 9.97 Å². The minimum Gasteiger partial charge on any atom is -0.456 e. The lowest BCUT2D eigenvalue weighted by Gasteiger charge is -2.33. The Kier molecular flexibility index (Phi) is 5.12. The highest BCUT2D eigenvalue weighted by atomic mass is 32.2. The van der Waals surface area contributed by atoms with Crippen molar-refractivity contribution >= 4 is 73.0 Å². The van der Waals surface area contributed by atoms with Crippen molar-refractivity contribution in [1.82, 2.24) is 9.97 Å². The van der Waals surface area contributed by atoms with E-state index in [1.807, 2.05) is 66.7 Å². The van der Waals surface area contributed by atoms with E-state index >= 15 is 0 Å². The molecule has 10 rings (SSSR count). The molecule has 1 aliphatic heterocycles. The number of furan rings is 1. The lowest BCUT2D eigenvalue weighted by Crippen LogP contribution is -2.15. The average molecular weight is 600 g/mol. The molecule has 0 N–H and O–H groups in total. The van der Waals surface area contributed by atoms with E-state index in [4.69, 9.17) is 23.2 Å². The number of oxazole rings is 2. The van der Waals surface area contributed by atoms with E-state index in [0.717, 1.165) is 82.1 Å². The van der Waals surface area contributed by atoms with E-state index < -0.39 is 0 Å². The molecule has 4 heterocycles. The van der Waals surface area contributed by atoms with Gasteiger partial charge in [0.25, 0.3) is 0 Å². The summed E-state index contributed by atoms with van der Waals surface area (Å²) in [5.41, 5.74) is 9.93. The molecule has 0 radical (unpaired) electrons. The second kappa shape index (κ2) is 9.35. The zero-order chi connectivity index (χ0) is 29.5. The molecule has 0 unspecified atom stereocenters. The molecule has 0 aliphatic carbocycles. The van der Waals surface area contributed by atoms with Gasteiger partial charge in [-0.2, -0.15) is 0 Å². The SMILES string of the molecule is c1ccc2oc(-c3ccc4c(c3)Sc3cc(-c5nc6ccccc6o5)ccc3N4c3ccc4c(c3)oc3ccccc34)nc2c1. The molecule has 0 saturated heterocycles. The smallest absolute Gasteiger partial charge is 0.227 e. The molecule has 1 aliphatic rings. The minimum absolute atomic E-state index is 0.598. The van der Waals surface area contributed by atoms with Crippen LogP contribution < -0.4 is 4.90 Å². The van der Waals surface area contributed by atoms with Gasteiger partial charge < -0.3 is 18.2 Å². The summed E-state index contributed by atoms with van der Waals surface area (Å²) in [6.45, 7) is 0. The van der Waals surface area contributed by atoms with Crippen molar-refractivity contribution < 1.29 is 13.3 Å². The van der Waals surface area contributed by atoms with E-state index in [-0.39, 0.29) is 0 Å². The molecule has 9 aromatic rings. The van der Waals surface area contributed by atoms with Crippen LogP contribution in [0.5, 0.6) is 0 Å². The van der Waals surface area contributed by atoms with Crippen LogP contribution in [0.15, 0.2) is 150 Å². The van der Waals surface area contributed by atoms with Crippen molar-refractivity contribution in [1.29, 1.82) is 0 Å². The first-order valence-electron chi connectivity index (χ1n) is 14.6. The van der Waals surface area contributed by atoms with Gasteiger partial charge in [-0.1, -0.05) is 54.2 Å². The normalized spacial score (nSPS) is 12.8. The largest absolute Gasteiger partial charge is 0.456 e. The average Bonchev–Trinajstić information content (AvgIpc) is 3.81. The zero-order valence-corrected chi connectivity index (χ0v) is 24.4. The molecule has 0 spiro atoms. The summed E-state index contributed by atoms with van der Waals surface area (Å²) in [4.78, 5) is 14.0. The highest BCUT2D eigenvalue weighted by molar-refractivity contribution is 7.99. The quantitative estimate of drug-likeness (QED) is 0.200. The van der Waals surface area contributed by atoms with E-state index in [0.29, 0.717) is 11.8 Å². The highest BCUT2D eigenvalue weighted by Gasteiger charge is 2.27. The standard InChI is InChI=1S/C38H21N3O3S/c1-4-10-31-25(7-1)26-16-15-24(21-34(26)42-31)41-29-17-13-22(37-39-27-8-2-5-11-32(27)43-37)19-35(29)45-36-20-23(14-18-30(36)41)38-40-28-9-3-6-12-33(28)44-38/h1-21H. The number of nitrogens with zero attached hydrogens (tertiary/aromatic N) is 3. The van der Waals surface area contributed by atoms with Crippen molar-refractivity contribution in [2.45, 2.75) is 9.79 Å². The maximum absolute atomic E-state index is 6.30. The van der Waals surface area contributed by atoms with Gasteiger partial charge in [-0.3, -0.25) is 0 Å². The van der Waals surface area contributed by atoms with Crippen molar-refractivity contribution in [2.24, 2.45) is 0 Å². The van der Waals surface area contributed by atoms with Gasteiger partial charge in [0.1, 0.15) is 22.2 Å². The third kappa shape index (κ3) is 3.84.